The minimum atomic E-state index is -0.0749. The van der Waals surface area contributed by atoms with Gasteiger partial charge in [0.25, 0.3) is 5.91 Å². The number of carbonyl (C=O) groups is 1. The molecule has 2 aromatic carbocycles. The van der Waals surface area contributed by atoms with E-state index in [9.17, 15) is 4.79 Å². The molecule has 0 aromatic heterocycles. The van der Waals surface area contributed by atoms with Gasteiger partial charge in [-0.15, -0.1) is 0 Å². The number of anilines is 1. The summed E-state index contributed by atoms with van der Waals surface area (Å²) < 4.78 is 1.10. The minimum absolute atomic E-state index is 0.0749. The van der Waals surface area contributed by atoms with Gasteiger partial charge in [0.1, 0.15) is 0 Å². The van der Waals surface area contributed by atoms with E-state index in [1.807, 2.05) is 55.5 Å². The van der Waals surface area contributed by atoms with Gasteiger partial charge in [-0.05, 0) is 59.3 Å². The van der Waals surface area contributed by atoms with Crippen LogP contribution in [0.4, 0.5) is 5.69 Å². The summed E-state index contributed by atoms with van der Waals surface area (Å²) in [5.74, 6) is -0.0749. The van der Waals surface area contributed by atoms with Gasteiger partial charge in [-0.3, -0.25) is 4.79 Å². The molecule has 17 heavy (non-hydrogen) atoms. The Hall–Kier alpha value is -1.36. The minimum Gasteiger partial charge on any atom is -0.322 e. The van der Waals surface area contributed by atoms with Crippen LogP contribution in [0.1, 0.15) is 15.9 Å². The van der Waals surface area contributed by atoms with Crippen molar-refractivity contribution in [1.29, 1.82) is 0 Å². The molecule has 0 bridgehead atoms. The van der Waals surface area contributed by atoms with Crippen LogP contribution in [-0.2, 0) is 0 Å². The van der Waals surface area contributed by atoms with Gasteiger partial charge >= 0.3 is 0 Å². The van der Waals surface area contributed by atoms with Gasteiger partial charge in [-0.25, -0.2) is 0 Å². The Morgan fingerprint density at radius 1 is 1.12 bits per heavy atom. The van der Waals surface area contributed by atoms with Gasteiger partial charge in [-0.2, -0.15) is 0 Å². The number of amides is 1. The van der Waals surface area contributed by atoms with Crippen LogP contribution in [-0.4, -0.2) is 5.91 Å². The van der Waals surface area contributed by atoms with E-state index >= 15 is 0 Å². The van der Waals surface area contributed by atoms with E-state index in [0.717, 1.165) is 9.26 Å². The molecule has 0 unspecified atom stereocenters. The Bertz CT molecular complexity index is 537. The maximum atomic E-state index is 12.0. The average Bonchev–Trinajstić information content (AvgIpc) is 2.34. The molecule has 86 valence electrons. The molecule has 2 rings (SSSR count). The molecule has 1 N–H and O–H groups in total. The zero-order valence-electron chi connectivity index (χ0n) is 9.41. The molecule has 0 radical (unpaired) electrons. The summed E-state index contributed by atoms with van der Waals surface area (Å²) in [5.41, 5.74) is 2.68. The number of halogens is 1. The van der Waals surface area contributed by atoms with Crippen molar-refractivity contribution in [2.24, 2.45) is 0 Å². The largest absolute Gasteiger partial charge is 0.322 e. The Morgan fingerprint density at radius 2 is 1.82 bits per heavy atom. The molecule has 0 aliphatic heterocycles. The van der Waals surface area contributed by atoms with Crippen LogP contribution in [0.5, 0.6) is 0 Å². The lowest BCUT2D eigenvalue weighted by Crippen LogP contribution is -2.12. The van der Waals surface area contributed by atoms with Crippen molar-refractivity contribution in [1.82, 2.24) is 0 Å². The Kier molecular flexibility index (Phi) is 3.78. The van der Waals surface area contributed by atoms with E-state index in [-0.39, 0.29) is 5.91 Å². The molecule has 0 spiro atoms. The fraction of sp³-hybridized carbons (Fsp3) is 0.0714. The predicted octanol–water partition coefficient (Wildman–Crippen LogP) is 3.85. The summed E-state index contributed by atoms with van der Waals surface area (Å²) >= 11 is 2.23. The normalized spacial score (nSPS) is 10.0. The van der Waals surface area contributed by atoms with Crippen molar-refractivity contribution in [3.63, 3.8) is 0 Å². The van der Waals surface area contributed by atoms with E-state index in [1.165, 1.54) is 5.56 Å². The summed E-state index contributed by atoms with van der Waals surface area (Å²) in [6.07, 6.45) is 0. The molecular weight excluding hydrogens is 325 g/mol. The lowest BCUT2D eigenvalue weighted by molar-refractivity contribution is 0.102. The first-order valence-corrected chi connectivity index (χ1v) is 6.37. The number of nitrogens with one attached hydrogen (secondary N) is 1. The maximum absolute atomic E-state index is 12.0. The van der Waals surface area contributed by atoms with E-state index in [1.54, 1.807) is 0 Å². The fourth-order valence-corrected chi connectivity index (χ4v) is 1.97. The lowest BCUT2D eigenvalue weighted by Gasteiger charge is -2.06. The van der Waals surface area contributed by atoms with E-state index in [2.05, 4.69) is 27.9 Å². The van der Waals surface area contributed by atoms with Crippen molar-refractivity contribution in [3.05, 3.63) is 63.2 Å². The predicted molar refractivity (Wildman–Crippen MR) is 78.3 cm³/mol. The smallest absolute Gasteiger partial charge is 0.255 e. The maximum Gasteiger partial charge on any atom is 0.255 e. The van der Waals surface area contributed by atoms with Gasteiger partial charge < -0.3 is 5.32 Å². The highest BCUT2D eigenvalue weighted by molar-refractivity contribution is 14.1. The highest BCUT2D eigenvalue weighted by Crippen LogP contribution is 2.15. The summed E-state index contributed by atoms with van der Waals surface area (Å²) in [7, 11) is 0. The second-order valence-electron chi connectivity index (χ2n) is 3.78. The first-order valence-electron chi connectivity index (χ1n) is 5.29. The summed E-state index contributed by atoms with van der Waals surface area (Å²) in [4.78, 5) is 12.0. The van der Waals surface area contributed by atoms with Crippen LogP contribution in [0.3, 0.4) is 0 Å². The van der Waals surface area contributed by atoms with Crippen molar-refractivity contribution in [2.75, 3.05) is 5.32 Å². The number of carbonyl (C=O) groups excluding carboxylic acids is 1. The van der Waals surface area contributed by atoms with Crippen molar-refractivity contribution in [2.45, 2.75) is 6.92 Å². The Morgan fingerprint density at radius 3 is 2.47 bits per heavy atom. The molecule has 0 fully saturated rings. The molecule has 1 amide bonds. The zero-order valence-corrected chi connectivity index (χ0v) is 11.6. The molecule has 2 nitrogen and oxygen atoms in total. The molecule has 0 saturated carbocycles. The third-order valence-corrected chi connectivity index (χ3v) is 3.63. The first kappa shape index (κ1) is 12.1. The molecule has 2 aromatic rings. The number of para-hydroxylation sites is 1. The number of rotatable bonds is 2. The van der Waals surface area contributed by atoms with Crippen molar-refractivity contribution < 1.29 is 4.79 Å². The molecule has 0 heterocycles. The quantitative estimate of drug-likeness (QED) is 0.829. The fourth-order valence-electron chi connectivity index (χ4n) is 1.46. The number of hydrogen-bond acceptors (Lipinski definition) is 1. The second-order valence-corrected chi connectivity index (χ2v) is 4.95. The second kappa shape index (κ2) is 5.31. The highest BCUT2D eigenvalue weighted by atomic mass is 127. The van der Waals surface area contributed by atoms with Gasteiger partial charge in [0.05, 0.1) is 0 Å². The zero-order chi connectivity index (χ0) is 12.3. The molecule has 0 aliphatic carbocycles. The third kappa shape index (κ3) is 3.06. The molecule has 3 heteroatoms. The number of hydrogen-bond donors (Lipinski definition) is 1. The van der Waals surface area contributed by atoms with Crippen LogP contribution in [0.15, 0.2) is 48.5 Å². The summed E-state index contributed by atoms with van der Waals surface area (Å²) in [6, 6.07) is 15.2. The van der Waals surface area contributed by atoms with E-state index < -0.39 is 0 Å². The number of aryl methyl sites for hydroxylation is 1. The highest BCUT2D eigenvalue weighted by Gasteiger charge is 2.06. The van der Waals surface area contributed by atoms with Crippen LogP contribution in [0, 0.1) is 10.5 Å². The molecule has 0 atom stereocenters. The van der Waals surface area contributed by atoms with Crippen LogP contribution >= 0.6 is 22.6 Å². The van der Waals surface area contributed by atoms with Crippen LogP contribution in [0.25, 0.3) is 0 Å². The summed E-state index contributed by atoms with van der Waals surface area (Å²) in [6.45, 7) is 2.03. The van der Waals surface area contributed by atoms with Crippen molar-refractivity contribution in [3.8, 4) is 0 Å². The van der Waals surface area contributed by atoms with Gasteiger partial charge in [0.2, 0.25) is 0 Å². The van der Waals surface area contributed by atoms with Gasteiger partial charge in [0.15, 0.2) is 0 Å². The van der Waals surface area contributed by atoms with Crippen LogP contribution in [0.2, 0.25) is 0 Å². The standard InChI is InChI=1S/C14H12INO/c1-10-7-8-11(9-13(10)15)14(17)16-12-5-3-2-4-6-12/h2-9H,1H3,(H,16,17). The topological polar surface area (TPSA) is 29.1 Å². The Labute approximate surface area is 114 Å². The lowest BCUT2D eigenvalue weighted by atomic mass is 10.1. The van der Waals surface area contributed by atoms with Crippen molar-refractivity contribution >= 4 is 34.2 Å². The van der Waals surface area contributed by atoms with E-state index in [4.69, 9.17) is 0 Å². The number of benzene rings is 2. The SMILES string of the molecule is Cc1ccc(C(=O)Nc2ccccc2)cc1I. The molecule has 0 saturated heterocycles. The van der Waals surface area contributed by atoms with E-state index in [0.29, 0.717) is 5.56 Å². The monoisotopic (exact) mass is 337 g/mol. The Balaban J connectivity index is 2.18. The van der Waals surface area contributed by atoms with Gasteiger partial charge in [0, 0.05) is 14.8 Å². The average molecular weight is 337 g/mol. The molecular formula is C14H12INO. The first-order chi connectivity index (χ1) is 8.16. The van der Waals surface area contributed by atoms with Gasteiger partial charge in [-0.1, -0.05) is 24.3 Å². The molecule has 0 aliphatic rings. The third-order valence-electron chi connectivity index (χ3n) is 2.47. The van der Waals surface area contributed by atoms with Crippen LogP contribution < -0.4 is 5.32 Å². The summed E-state index contributed by atoms with van der Waals surface area (Å²) in [5, 5.41) is 2.86.